The highest BCUT2D eigenvalue weighted by atomic mass is 35.5. The van der Waals surface area contributed by atoms with Gasteiger partial charge in [0.25, 0.3) is 0 Å². The van der Waals surface area contributed by atoms with Crippen molar-refractivity contribution in [3.8, 4) is 23.3 Å². The lowest BCUT2D eigenvalue weighted by Gasteiger charge is -2.35. The number of hydrogen-bond acceptors (Lipinski definition) is 10. The summed E-state index contributed by atoms with van der Waals surface area (Å²) in [7, 11) is 3.06. The fraction of sp³-hybridized carbons (Fsp3) is 0.333. The van der Waals surface area contributed by atoms with Crippen molar-refractivity contribution in [3.63, 3.8) is 0 Å². The zero-order valence-electron chi connectivity index (χ0n) is 28.1. The number of carbonyl (C=O) groups excluding carboxylic acids is 2. The van der Waals surface area contributed by atoms with Crippen LogP contribution in [0.2, 0.25) is 10.0 Å². The number of ether oxygens (including phenoxy) is 3. The summed E-state index contributed by atoms with van der Waals surface area (Å²) in [5.74, 6) is 0.754. The van der Waals surface area contributed by atoms with Gasteiger partial charge in [0.1, 0.15) is 17.6 Å². The first-order valence-corrected chi connectivity index (χ1v) is 17.1. The number of nitriles is 1. The summed E-state index contributed by atoms with van der Waals surface area (Å²) in [6.07, 6.45) is 2.45. The minimum absolute atomic E-state index is 0.184. The number of carbonyl (C=O) groups is 2. The standard InChI is InChI=1S/C36H36Cl2FN7O5/c1-49-31-18-30(26(37)16-27(31)38)42-35-23(19-40)20-41-29-17-33(32(50-2)15-25(29)35)51-13-3-7-44-9-11-45(12-10-44)21-22-4-5-24(14-28(22)39)46-8-6-34(47)43-36(46)48/h4-5,14-18,20H,3,6-13,21H2,1-2H3,(H,41,42)(H,43,47,48). The van der Waals surface area contributed by atoms with Gasteiger partial charge in [-0.1, -0.05) is 29.3 Å². The van der Waals surface area contributed by atoms with E-state index in [4.69, 9.17) is 37.4 Å². The molecule has 2 fully saturated rings. The van der Waals surface area contributed by atoms with E-state index in [2.05, 4.69) is 31.5 Å². The Balaban J connectivity index is 1.02. The predicted octanol–water partition coefficient (Wildman–Crippen LogP) is 6.35. The molecule has 6 rings (SSSR count). The maximum atomic E-state index is 15.0. The third kappa shape index (κ3) is 8.21. The number of nitrogens with one attached hydrogen (secondary N) is 2. The van der Waals surface area contributed by atoms with Crippen molar-refractivity contribution in [1.82, 2.24) is 20.1 Å². The zero-order valence-corrected chi connectivity index (χ0v) is 29.6. The molecule has 15 heteroatoms. The minimum atomic E-state index is -0.534. The second-order valence-electron chi connectivity index (χ2n) is 12.1. The number of fused-ring (bicyclic) bond motifs is 1. The number of imide groups is 1. The van der Waals surface area contributed by atoms with E-state index in [1.807, 2.05) is 0 Å². The maximum absolute atomic E-state index is 15.0. The molecule has 3 amide bonds. The van der Waals surface area contributed by atoms with Crippen molar-refractivity contribution < 1.29 is 28.2 Å². The lowest BCUT2D eigenvalue weighted by molar-refractivity contribution is -0.120. The molecule has 0 saturated carbocycles. The SMILES string of the molecule is COc1cc(Nc2c(C#N)cnc3cc(OCCCN4CCN(Cc5ccc(N6CCC(=O)NC6=O)cc5F)CC4)c(OC)cc23)c(Cl)cc1Cl. The van der Waals surface area contributed by atoms with E-state index < -0.39 is 6.03 Å². The number of anilines is 3. The third-order valence-electron chi connectivity index (χ3n) is 8.91. The highest BCUT2D eigenvalue weighted by molar-refractivity contribution is 6.37. The summed E-state index contributed by atoms with van der Waals surface area (Å²) in [6.45, 7) is 5.23. The molecule has 0 radical (unpaired) electrons. The average molecular weight is 737 g/mol. The predicted molar refractivity (Wildman–Crippen MR) is 193 cm³/mol. The number of piperazine rings is 1. The molecule has 2 aliphatic heterocycles. The number of benzene rings is 3. The average Bonchev–Trinajstić information content (AvgIpc) is 3.12. The Labute approximate surface area is 304 Å². The van der Waals surface area contributed by atoms with E-state index in [-0.39, 0.29) is 24.7 Å². The first kappa shape index (κ1) is 35.9. The van der Waals surface area contributed by atoms with Crippen LogP contribution < -0.4 is 29.7 Å². The maximum Gasteiger partial charge on any atom is 0.328 e. The Bertz CT molecular complexity index is 2000. The van der Waals surface area contributed by atoms with Gasteiger partial charge in [0, 0.05) is 87.2 Å². The van der Waals surface area contributed by atoms with Crippen molar-refractivity contribution in [3.05, 3.63) is 75.7 Å². The number of hydrogen-bond donors (Lipinski definition) is 2. The molecule has 0 aliphatic carbocycles. The molecule has 3 aromatic carbocycles. The van der Waals surface area contributed by atoms with E-state index in [1.54, 1.807) is 43.5 Å². The molecule has 0 spiro atoms. The number of aromatic nitrogens is 1. The number of rotatable bonds is 12. The van der Waals surface area contributed by atoms with Crippen LogP contribution in [-0.2, 0) is 11.3 Å². The van der Waals surface area contributed by atoms with Gasteiger partial charge < -0.3 is 24.4 Å². The molecule has 0 unspecified atom stereocenters. The van der Waals surface area contributed by atoms with Gasteiger partial charge in [0.2, 0.25) is 5.91 Å². The van der Waals surface area contributed by atoms with Crippen molar-refractivity contribution >= 4 is 63.1 Å². The van der Waals surface area contributed by atoms with Gasteiger partial charge in [0.05, 0.1) is 53.3 Å². The van der Waals surface area contributed by atoms with Crippen LogP contribution in [-0.4, -0.2) is 86.8 Å². The number of methoxy groups -OCH3 is 2. The van der Waals surface area contributed by atoms with Crippen LogP contribution in [0.5, 0.6) is 17.2 Å². The normalized spacial score (nSPS) is 15.4. The number of urea groups is 1. The Morgan fingerprint density at radius 1 is 0.961 bits per heavy atom. The monoisotopic (exact) mass is 735 g/mol. The molecule has 266 valence electrons. The number of amides is 3. The number of nitrogens with zero attached hydrogens (tertiary/aromatic N) is 5. The second-order valence-corrected chi connectivity index (χ2v) is 12.9. The molecular weight excluding hydrogens is 700 g/mol. The van der Waals surface area contributed by atoms with E-state index in [0.29, 0.717) is 79.5 Å². The molecule has 4 aromatic rings. The molecular formula is C36H36Cl2FN7O5. The topological polar surface area (TPSA) is 132 Å². The zero-order chi connectivity index (χ0) is 36.1. The van der Waals surface area contributed by atoms with E-state index in [9.17, 15) is 14.9 Å². The molecule has 0 atom stereocenters. The van der Waals surface area contributed by atoms with Crippen LogP contribution in [0.15, 0.2) is 48.7 Å². The van der Waals surface area contributed by atoms with Crippen LogP contribution in [0, 0.1) is 17.1 Å². The highest BCUT2D eigenvalue weighted by Crippen LogP contribution is 2.40. The van der Waals surface area contributed by atoms with Crippen LogP contribution in [0.1, 0.15) is 24.0 Å². The summed E-state index contributed by atoms with van der Waals surface area (Å²) >= 11 is 12.7. The third-order valence-corrected chi connectivity index (χ3v) is 9.52. The van der Waals surface area contributed by atoms with Crippen molar-refractivity contribution in [2.75, 3.05) is 70.3 Å². The van der Waals surface area contributed by atoms with Gasteiger partial charge in [-0.25, -0.2) is 9.18 Å². The Hall–Kier alpha value is -4.87. The number of pyridine rings is 1. The number of halogens is 3. The van der Waals surface area contributed by atoms with Gasteiger partial charge in [-0.15, -0.1) is 0 Å². The van der Waals surface area contributed by atoms with Crippen molar-refractivity contribution in [1.29, 1.82) is 5.26 Å². The lowest BCUT2D eigenvalue weighted by Crippen LogP contribution is -2.49. The first-order chi connectivity index (χ1) is 24.7. The molecule has 12 nitrogen and oxygen atoms in total. The van der Waals surface area contributed by atoms with Crippen LogP contribution in [0.3, 0.4) is 0 Å². The van der Waals surface area contributed by atoms with Gasteiger partial charge in [-0.2, -0.15) is 5.26 Å². The summed E-state index contributed by atoms with van der Waals surface area (Å²) < 4.78 is 32.2. The van der Waals surface area contributed by atoms with Gasteiger partial charge in [-0.3, -0.25) is 24.9 Å². The molecule has 2 aliphatic rings. The summed E-state index contributed by atoms with van der Waals surface area (Å²) in [5.41, 5.74) is 2.92. The van der Waals surface area contributed by atoms with Gasteiger partial charge in [-0.05, 0) is 30.7 Å². The largest absolute Gasteiger partial charge is 0.495 e. The quantitative estimate of drug-likeness (QED) is 0.159. The Morgan fingerprint density at radius 3 is 2.43 bits per heavy atom. The summed E-state index contributed by atoms with van der Waals surface area (Å²) in [6, 6.07) is 13.2. The minimum Gasteiger partial charge on any atom is -0.495 e. The van der Waals surface area contributed by atoms with Gasteiger partial charge >= 0.3 is 6.03 Å². The second kappa shape index (κ2) is 16.0. The fourth-order valence-electron chi connectivity index (χ4n) is 6.13. The van der Waals surface area contributed by atoms with Crippen molar-refractivity contribution in [2.24, 2.45) is 0 Å². The lowest BCUT2D eigenvalue weighted by atomic mass is 10.1. The first-order valence-electron chi connectivity index (χ1n) is 16.4. The van der Waals surface area contributed by atoms with Crippen molar-refractivity contribution in [2.45, 2.75) is 19.4 Å². The fourth-order valence-corrected chi connectivity index (χ4v) is 6.64. The Morgan fingerprint density at radius 2 is 1.73 bits per heavy atom. The van der Waals surface area contributed by atoms with Crippen LogP contribution in [0.25, 0.3) is 10.9 Å². The van der Waals surface area contributed by atoms with E-state index in [0.717, 1.165) is 39.1 Å². The summed E-state index contributed by atoms with van der Waals surface area (Å²) in [4.78, 5) is 34.0. The van der Waals surface area contributed by atoms with E-state index >= 15 is 4.39 Å². The summed E-state index contributed by atoms with van der Waals surface area (Å²) in [5, 5.41) is 16.7. The molecule has 51 heavy (non-hydrogen) atoms. The molecule has 3 heterocycles. The van der Waals surface area contributed by atoms with Crippen LogP contribution in [0.4, 0.5) is 26.2 Å². The molecule has 1 aromatic heterocycles. The molecule has 2 saturated heterocycles. The molecule has 0 bridgehead atoms. The van der Waals surface area contributed by atoms with Crippen LogP contribution >= 0.6 is 23.2 Å². The molecule has 2 N–H and O–H groups in total. The Kier molecular flexibility index (Phi) is 11.3. The smallest absolute Gasteiger partial charge is 0.328 e. The van der Waals surface area contributed by atoms with Gasteiger partial charge in [0.15, 0.2) is 11.5 Å². The highest BCUT2D eigenvalue weighted by Gasteiger charge is 2.25. The van der Waals surface area contributed by atoms with E-state index in [1.165, 1.54) is 24.3 Å².